The van der Waals surface area contributed by atoms with Crippen molar-refractivity contribution in [1.82, 2.24) is 0 Å². The van der Waals surface area contributed by atoms with E-state index in [-0.39, 0.29) is 6.10 Å². The molecule has 3 nitrogen and oxygen atoms in total. The van der Waals surface area contributed by atoms with Crippen molar-refractivity contribution in [3.63, 3.8) is 0 Å². The first kappa shape index (κ1) is 19.7. The summed E-state index contributed by atoms with van der Waals surface area (Å²) < 4.78 is 44.7. The summed E-state index contributed by atoms with van der Waals surface area (Å²) in [5, 5.41) is 8.84. The first-order chi connectivity index (χ1) is 13.3. The lowest BCUT2D eigenvalue weighted by Crippen LogP contribution is -2.25. The Morgan fingerprint density at radius 1 is 1.07 bits per heavy atom. The monoisotopic (exact) mass is 388 g/mol. The van der Waals surface area contributed by atoms with E-state index in [4.69, 9.17) is 9.84 Å². The zero-order chi connectivity index (χ0) is 20.1. The summed E-state index contributed by atoms with van der Waals surface area (Å²) in [7, 11) is 0. The Bertz CT molecular complexity index is 892. The third-order valence-corrected chi connectivity index (χ3v) is 4.55. The van der Waals surface area contributed by atoms with Crippen molar-refractivity contribution in [2.24, 2.45) is 0 Å². The summed E-state index contributed by atoms with van der Waals surface area (Å²) in [6.45, 7) is 0. The Hall–Kier alpha value is -3.02. The summed E-state index contributed by atoms with van der Waals surface area (Å²) in [6, 6.07) is 12.0. The van der Waals surface area contributed by atoms with Gasteiger partial charge in [-0.25, -0.2) is 4.79 Å². The molecule has 1 fully saturated rings. The molecule has 1 N–H and O–H groups in total. The van der Waals surface area contributed by atoms with Crippen LogP contribution in [-0.2, 0) is 11.0 Å². The van der Waals surface area contributed by atoms with E-state index in [1.807, 2.05) is 24.3 Å². The van der Waals surface area contributed by atoms with Gasteiger partial charge in [-0.1, -0.05) is 42.5 Å². The van der Waals surface area contributed by atoms with Crippen LogP contribution in [0.2, 0.25) is 0 Å². The number of rotatable bonds is 6. The highest BCUT2D eigenvalue weighted by atomic mass is 19.4. The van der Waals surface area contributed by atoms with Crippen molar-refractivity contribution in [1.29, 1.82) is 0 Å². The molecule has 0 amide bonds. The number of aliphatic carboxylic acids is 1. The Labute approximate surface area is 160 Å². The van der Waals surface area contributed by atoms with Crippen molar-refractivity contribution in [3.8, 4) is 5.75 Å². The minimum absolute atomic E-state index is 0.129. The molecule has 0 bridgehead atoms. The SMILES string of the molecule is O=C(O)C=CC=C(c1ccc(C(F)(F)F)cc1)c1ccccc1OC1CCC1. The van der Waals surface area contributed by atoms with Gasteiger partial charge in [-0.05, 0) is 48.6 Å². The molecule has 0 aliphatic heterocycles. The minimum Gasteiger partial charge on any atom is -0.490 e. The molecular weight excluding hydrogens is 369 g/mol. The number of alkyl halides is 3. The normalized spacial score (nSPS) is 15.5. The summed E-state index contributed by atoms with van der Waals surface area (Å²) in [6.07, 6.45) is 2.64. The standard InChI is InChI=1S/C22H19F3O3/c23-22(24,25)16-13-11-15(12-14-16)18(8-4-10-21(26)27)19-7-1-2-9-20(19)28-17-5-3-6-17/h1-2,4,7-14,17H,3,5-6H2,(H,26,27). The predicted octanol–water partition coefficient (Wildman–Crippen LogP) is 5.71. The molecule has 3 rings (SSSR count). The van der Waals surface area contributed by atoms with Crippen LogP contribution in [0, 0.1) is 0 Å². The lowest BCUT2D eigenvalue weighted by atomic mass is 9.94. The molecule has 0 unspecified atom stereocenters. The zero-order valence-electron chi connectivity index (χ0n) is 14.9. The highest BCUT2D eigenvalue weighted by Crippen LogP contribution is 2.36. The number of halogens is 3. The maximum Gasteiger partial charge on any atom is 0.416 e. The first-order valence-electron chi connectivity index (χ1n) is 8.89. The Morgan fingerprint density at radius 3 is 2.32 bits per heavy atom. The molecule has 0 saturated heterocycles. The minimum atomic E-state index is -4.42. The number of ether oxygens (including phenoxy) is 1. The van der Waals surface area contributed by atoms with E-state index in [2.05, 4.69) is 0 Å². The van der Waals surface area contributed by atoms with Gasteiger partial charge in [-0.2, -0.15) is 13.2 Å². The zero-order valence-corrected chi connectivity index (χ0v) is 14.9. The van der Waals surface area contributed by atoms with E-state index < -0.39 is 17.7 Å². The lowest BCUT2D eigenvalue weighted by molar-refractivity contribution is -0.137. The van der Waals surface area contributed by atoms with Crippen LogP contribution >= 0.6 is 0 Å². The number of benzene rings is 2. The fraction of sp³-hybridized carbons (Fsp3) is 0.227. The number of carbonyl (C=O) groups is 1. The number of para-hydroxylation sites is 1. The Kier molecular flexibility index (Phi) is 5.87. The van der Waals surface area contributed by atoms with E-state index in [1.165, 1.54) is 18.2 Å². The van der Waals surface area contributed by atoms with Gasteiger partial charge in [0.2, 0.25) is 0 Å². The van der Waals surface area contributed by atoms with Crippen LogP contribution in [0.5, 0.6) is 5.75 Å². The number of hydrogen-bond donors (Lipinski definition) is 1. The second-order valence-electron chi connectivity index (χ2n) is 6.52. The lowest BCUT2D eigenvalue weighted by Gasteiger charge is -2.28. The van der Waals surface area contributed by atoms with E-state index >= 15 is 0 Å². The number of allylic oxidation sites excluding steroid dienone is 2. The van der Waals surface area contributed by atoms with Gasteiger partial charge in [0.1, 0.15) is 5.75 Å². The van der Waals surface area contributed by atoms with Crippen molar-refractivity contribution >= 4 is 11.5 Å². The van der Waals surface area contributed by atoms with E-state index in [9.17, 15) is 18.0 Å². The third kappa shape index (κ3) is 4.82. The molecule has 0 aromatic heterocycles. The van der Waals surface area contributed by atoms with Crippen LogP contribution in [0.15, 0.2) is 66.8 Å². The third-order valence-electron chi connectivity index (χ3n) is 4.55. The second-order valence-corrected chi connectivity index (χ2v) is 6.52. The fourth-order valence-corrected chi connectivity index (χ4v) is 2.87. The van der Waals surface area contributed by atoms with Crippen LogP contribution in [0.4, 0.5) is 13.2 Å². The molecular formula is C22H19F3O3. The quantitative estimate of drug-likeness (QED) is 0.509. The Balaban J connectivity index is 2.02. The van der Waals surface area contributed by atoms with Crippen molar-refractivity contribution in [2.75, 3.05) is 0 Å². The topological polar surface area (TPSA) is 46.5 Å². The number of hydrogen-bond acceptors (Lipinski definition) is 2. The van der Waals surface area contributed by atoms with Gasteiger partial charge in [0, 0.05) is 11.6 Å². The van der Waals surface area contributed by atoms with Crippen LogP contribution in [0.3, 0.4) is 0 Å². The first-order valence-corrected chi connectivity index (χ1v) is 8.89. The van der Waals surface area contributed by atoms with Gasteiger partial charge in [0.05, 0.1) is 11.7 Å². The molecule has 2 aromatic carbocycles. The maximum atomic E-state index is 12.9. The Morgan fingerprint density at radius 2 is 1.75 bits per heavy atom. The van der Waals surface area contributed by atoms with Gasteiger partial charge in [0.15, 0.2) is 0 Å². The molecule has 1 aliphatic rings. The summed E-state index contributed by atoms with van der Waals surface area (Å²) >= 11 is 0. The van der Waals surface area contributed by atoms with Gasteiger partial charge in [-0.3, -0.25) is 0 Å². The number of carboxylic acid groups (broad SMARTS) is 1. The maximum absolute atomic E-state index is 12.9. The largest absolute Gasteiger partial charge is 0.490 e. The van der Waals surface area contributed by atoms with E-state index in [0.717, 1.165) is 37.5 Å². The van der Waals surface area contributed by atoms with Gasteiger partial charge in [-0.15, -0.1) is 0 Å². The highest BCUT2D eigenvalue weighted by molar-refractivity contribution is 5.85. The van der Waals surface area contributed by atoms with Gasteiger partial charge in [0.25, 0.3) is 0 Å². The highest BCUT2D eigenvalue weighted by Gasteiger charge is 2.30. The van der Waals surface area contributed by atoms with Crippen LogP contribution in [0.25, 0.3) is 5.57 Å². The predicted molar refractivity (Wildman–Crippen MR) is 100 cm³/mol. The smallest absolute Gasteiger partial charge is 0.416 e. The molecule has 1 saturated carbocycles. The average Bonchev–Trinajstić information content (AvgIpc) is 2.62. The molecule has 0 radical (unpaired) electrons. The molecule has 28 heavy (non-hydrogen) atoms. The fourth-order valence-electron chi connectivity index (χ4n) is 2.87. The molecule has 0 heterocycles. The molecule has 1 aliphatic carbocycles. The summed E-state index contributed by atoms with van der Waals surface area (Å²) in [4.78, 5) is 10.8. The summed E-state index contributed by atoms with van der Waals surface area (Å²) in [5.74, 6) is -0.482. The van der Waals surface area contributed by atoms with E-state index in [0.29, 0.717) is 22.4 Å². The molecule has 0 atom stereocenters. The molecule has 6 heteroatoms. The van der Waals surface area contributed by atoms with Crippen molar-refractivity contribution < 1.29 is 27.8 Å². The van der Waals surface area contributed by atoms with Crippen LogP contribution in [-0.4, -0.2) is 17.2 Å². The van der Waals surface area contributed by atoms with Crippen molar-refractivity contribution in [2.45, 2.75) is 31.5 Å². The summed E-state index contributed by atoms with van der Waals surface area (Å²) in [5.41, 5.74) is 1.08. The van der Waals surface area contributed by atoms with Gasteiger partial charge < -0.3 is 9.84 Å². The number of carboxylic acids is 1. The average molecular weight is 388 g/mol. The second kappa shape index (κ2) is 8.33. The molecule has 0 spiro atoms. The van der Waals surface area contributed by atoms with E-state index in [1.54, 1.807) is 6.08 Å². The van der Waals surface area contributed by atoms with Crippen molar-refractivity contribution in [3.05, 3.63) is 83.4 Å². The van der Waals surface area contributed by atoms with Crippen LogP contribution < -0.4 is 4.74 Å². The van der Waals surface area contributed by atoms with Crippen LogP contribution in [0.1, 0.15) is 36.0 Å². The molecule has 2 aromatic rings. The van der Waals surface area contributed by atoms with Gasteiger partial charge >= 0.3 is 12.1 Å². The molecule has 146 valence electrons.